The summed E-state index contributed by atoms with van der Waals surface area (Å²) in [5.41, 5.74) is 0. The predicted molar refractivity (Wildman–Crippen MR) is 42.9 cm³/mol. The Morgan fingerprint density at radius 1 is 1.36 bits per heavy atom. The van der Waals surface area contributed by atoms with Gasteiger partial charge in [0, 0.05) is 13.3 Å². The first-order chi connectivity index (χ1) is 5.02. The average molecular weight is 157 g/mol. The molecule has 0 spiro atoms. The number of carbonyl (C=O) groups is 2. The van der Waals surface area contributed by atoms with Crippen molar-refractivity contribution in [2.24, 2.45) is 5.92 Å². The van der Waals surface area contributed by atoms with Gasteiger partial charge < -0.3 is 0 Å². The van der Waals surface area contributed by atoms with Crippen LogP contribution in [0.25, 0.3) is 0 Å². The van der Waals surface area contributed by atoms with Gasteiger partial charge in [0.25, 0.3) is 0 Å². The quantitative estimate of drug-likeness (QED) is 0.666. The fourth-order valence-corrected chi connectivity index (χ4v) is 0.679. The number of rotatable bonds is 3. The molecule has 2 amide bonds. The van der Waals surface area contributed by atoms with Gasteiger partial charge in [-0.15, -0.1) is 0 Å². The molecule has 0 atom stereocenters. The zero-order chi connectivity index (χ0) is 8.85. The molecule has 0 saturated carbocycles. The highest BCUT2D eigenvalue weighted by Crippen LogP contribution is 2.02. The summed E-state index contributed by atoms with van der Waals surface area (Å²) >= 11 is 0. The van der Waals surface area contributed by atoms with Gasteiger partial charge in [-0.2, -0.15) is 0 Å². The molecule has 0 radical (unpaired) electrons. The van der Waals surface area contributed by atoms with Crippen LogP contribution in [0.5, 0.6) is 0 Å². The van der Waals surface area contributed by atoms with E-state index in [0.717, 1.165) is 6.42 Å². The highest BCUT2D eigenvalue weighted by Gasteiger charge is 2.03. The first-order valence-electron chi connectivity index (χ1n) is 3.82. The molecule has 0 heterocycles. The van der Waals surface area contributed by atoms with Crippen molar-refractivity contribution in [3.8, 4) is 0 Å². The standard InChI is InChI=1S/C8H15NO2/c1-6(2)4-5-8(11)9-7(3)10/h6H,4-5H2,1-3H3,(H,9,10,11). The minimum absolute atomic E-state index is 0.175. The Labute approximate surface area is 67.2 Å². The Kier molecular flexibility index (Phi) is 4.50. The Morgan fingerprint density at radius 2 is 1.91 bits per heavy atom. The van der Waals surface area contributed by atoms with Crippen LogP contribution < -0.4 is 5.32 Å². The molecule has 0 aromatic carbocycles. The second kappa shape index (κ2) is 4.88. The second-order valence-corrected chi connectivity index (χ2v) is 3.04. The molecular formula is C8H15NO2. The first kappa shape index (κ1) is 10.1. The Balaban J connectivity index is 3.46. The van der Waals surface area contributed by atoms with E-state index in [2.05, 4.69) is 5.32 Å². The monoisotopic (exact) mass is 157 g/mol. The fraction of sp³-hybridized carbons (Fsp3) is 0.750. The SMILES string of the molecule is CC(=O)NC(=O)CCC(C)C. The van der Waals surface area contributed by atoms with Crippen molar-refractivity contribution in [2.75, 3.05) is 0 Å². The van der Waals surface area contributed by atoms with Crippen molar-refractivity contribution in [3.63, 3.8) is 0 Å². The molecule has 0 fully saturated rings. The van der Waals surface area contributed by atoms with Gasteiger partial charge in [-0.25, -0.2) is 0 Å². The van der Waals surface area contributed by atoms with Gasteiger partial charge in [-0.05, 0) is 12.3 Å². The average Bonchev–Trinajstić information content (AvgIpc) is 1.82. The minimum Gasteiger partial charge on any atom is -0.297 e. The van der Waals surface area contributed by atoms with Crippen LogP contribution in [0, 0.1) is 5.92 Å². The maximum absolute atomic E-state index is 10.8. The van der Waals surface area contributed by atoms with Crippen LogP contribution in [0.15, 0.2) is 0 Å². The van der Waals surface area contributed by atoms with Gasteiger partial charge in [-0.3, -0.25) is 14.9 Å². The third kappa shape index (κ3) is 7.03. The third-order valence-electron chi connectivity index (χ3n) is 1.26. The molecular weight excluding hydrogens is 142 g/mol. The van der Waals surface area contributed by atoms with E-state index in [1.54, 1.807) is 0 Å². The molecule has 0 saturated heterocycles. The summed E-state index contributed by atoms with van der Waals surface area (Å²) in [6.07, 6.45) is 1.27. The number of imide groups is 1. The van der Waals surface area contributed by atoms with Crippen LogP contribution in [0.4, 0.5) is 0 Å². The lowest BCUT2D eigenvalue weighted by molar-refractivity contribution is -0.129. The van der Waals surface area contributed by atoms with E-state index in [1.807, 2.05) is 13.8 Å². The smallest absolute Gasteiger partial charge is 0.226 e. The molecule has 0 rings (SSSR count). The van der Waals surface area contributed by atoms with Crippen molar-refractivity contribution in [1.29, 1.82) is 0 Å². The summed E-state index contributed by atoms with van der Waals surface area (Å²) < 4.78 is 0. The molecule has 64 valence electrons. The van der Waals surface area contributed by atoms with E-state index < -0.39 is 0 Å². The van der Waals surface area contributed by atoms with Crippen LogP contribution in [0.2, 0.25) is 0 Å². The van der Waals surface area contributed by atoms with Crippen molar-refractivity contribution in [3.05, 3.63) is 0 Å². The molecule has 0 aliphatic heterocycles. The number of hydrogen-bond acceptors (Lipinski definition) is 2. The van der Waals surface area contributed by atoms with Gasteiger partial charge in [0.1, 0.15) is 0 Å². The van der Waals surface area contributed by atoms with E-state index in [4.69, 9.17) is 0 Å². The van der Waals surface area contributed by atoms with Crippen LogP contribution in [0.1, 0.15) is 33.6 Å². The summed E-state index contributed by atoms with van der Waals surface area (Å²) in [5.74, 6) is 0.0534. The van der Waals surface area contributed by atoms with Gasteiger partial charge >= 0.3 is 0 Å². The van der Waals surface area contributed by atoms with Gasteiger partial charge in [0.05, 0.1) is 0 Å². The predicted octanol–water partition coefficient (Wildman–Crippen LogP) is 1.09. The summed E-state index contributed by atoms with van der Waals surface area (Å²) in [7, 11) is 0. The fourth-order valence-electron chi connectivity index (χ4n) is 0.679. The van der Waals surface area contributed by atoms with Crippen LogP contribution in [-0.2, 0) is 9.59 Å². The molecule has 0 aliphatic carbocycles. The number of amides is 2. The number of carbonyl (C=O) groups excluding carboxylic acids is 2. The van der Waals surface area contributed by atoms with Crippen LogP contribution >= 0.6 is 0 Å². The normalized spacial score (nSPS) is 9.82. The van der Waals surface area contributed by atoms with Gasteiger partial charge in [0.15, 0.2) is 0 Å². The number of nitrogens with one attached hydrogen (secondary N) is 1. The van der Waals surface area contributed by atoms with Crippen LogP contribution in [0.3, 0.4) is 0 Å². The van der Waals surface area contributed by atoms with Gasteiger partial charge in [-0.1, -0.05) is 13.8 Å². The summed E-state index contributed by atoms with van der Waals surface area (Å²) in [6, 6.07) is 0. The first-order valence-corrected chi connectivity index (χ1v) is 3.82. The maximum Gasteiger partial charge on any atom is 0.226 e. The van der Waals surface area contributed by atoms with Gasteiger partial charge in [0.2, 0.25) is 11.8 Å². The molecule has 0 bridgehead atoms. The Hall–Kier alpha value is -0.860. The summed E-state index contributed by atoms with van der Waals surface area (Å²) in [4.78, 5) is 21.2. The van der Waals surface area contributed by atoms with E-state index in [-0.39, 0.29) is 11.8 Å². The zero-order valence-corrected chi connectivity index (χ0v) is 7.31. The lowest BCUT2D eigenvalue weighted by Crippen LogP contribution is -2.27. The Bertz CT molecular complexity index is 152. The zero-order valence-electron chi connectivity index (χ0n) is 7.31. The van der Waals surface area contributed by atoms with Crippen molar-refractivity contribution in [2.45, 2.75) is 33.6 Å². The lowest BCUT2D eigenvalue weighted by atomic mass is 10.1. The Morgan fingerprint density at radius 3 is 2.27 bits per heavy atom. The molecule has 3 nitrogen and oxygen atoms in total. The molecule has 11 heavy (non-hydrogen) atoms. The lowest BCUT2D eigenvalue weighted by Gasteiger charge is -2.02. The largest absolute Gasteiger partial charge is 0.297 e. The topological polar surface area (TPSA) is 46.2 Å². The third-order valence-corrected chi connectivity index (χ3v) is 1.26. The highest BCUT2D eigenvalue weighted by molar-refractivity contribution is 5.93. The molecule has 0 aliphatic rings. The second-order valence-electron chi connectivity index (χ2n) is 3.04. The minimum atomic E-state index is -0.279. The number of hydrogen-bond donors (Lipinski definition) is 1. The molecule has 0 aromatic heterocycles. The van der Waals surface area contributed by atoms with E-state index >= 15 is 0 Å². The molecule has 3 heteroatoms. The van der Waals surface area contributed by atoms with E-state index in [9.17, 15) is 9.59 Å². The summed E-state index contributed by atoms with van der Waals surface area (Å²) in [5, 5.41) is 2.22. The van der Waals surface area contributed by atoms with E-state index in [1.165, 1.54) is 6.92 Å². The van der Waals surface area contributed by atoms with Crippen molar-refractivity contribution in [1.82, 2.24) is 5.32 Å². The van der Waals surface area contributed by atoms with Crippen molar-refractivity contribution >= 4 is 11.8 Å². The molecule has 0 aromatic rings. The van der Waals surface area contributed by atoms with Crippen molar-refractivity contribution < 1.29 is 9.59 Å². The molecule has 0 unspecified atom stereocenters. The summed E-state index contributed by atoms with van der Waals surface area (Å²) in [6.45, 7) is 5.43. The highest BCUT2D eigenvalue weighted by atomic mass is 16.2. The maximum atomic E-state index is 10.8. The molecule has 1 N–H and O–H groups in total. The van der Waals surface area contributed by atoms with E-state index in [0.29, 0.717) is 12.3 Å². The van der Waals surface area contributed by atoms with Crippen LogP contribution in [-0.4, -0.2) is 11.8 Å².